The molecular weight excluding hydrogens is 312 g/mol. The van der Waals surface area contributed by atoms with Gasteiger partial charge in [0.15, 0.2) is 0 Å². The zero-order valence-corrected chi connectivity index (χ0v) is 14.1. The molecule has 1 aliphatic heterocycles. The van der Waals surface area contributed by atoms with Gasteiger partial charge >= 0.3 is 0 Å². The van der Waals surface area contributed by atoms with Crippen LogP contribution in [-0.4, -0.2) is 39.3 Å². The summed E-state index contributed by atoms with van der Waals surface area (Å²) in [7, 11) is 0. The molecule has 128 valence electrons. The lowest BCUT2D eigenvalue weighted by Gasteiger charge is -2.32. The number of anilines is 1. The number of pyridine rings is 1. The van der Waals surface area contributed by atoms with E-state index < -0.39 is 0 Å². The standard InChI is InChI=1S/C20H22N4O/c25-20(14-18-15-24-11-5-4-8-19(24)22-18)23-12-9-17(10-13-23)21-16-6-2-1-3-7-16/h1-8,11,15,17,21H,9-10,12-14H2. The van der Waals surface area contributed by atoms with Crippen molar-refractivity contribution in [1.82, 2.24) is 14.3 Å². The molecule has 3 aromatic rings. The summed E-state index contributed by atoms with van der Waals surface area (Å²) in [6.45, 7) is 1.60. The Morgan fingerprint density at radius 2 is 1.84 bits per heavy atom. The minimum atomic E-state index is 0.168. The van der Waals surface area contributed by atoms with Crippen LogP contribution in [0, 0.1) is 0 Å². The van der Waals surface area contributed by atoms with Gasteiger partial charge in [0.05, 0.1) is 12.1 Å². The molecule has 1 N–H and O–H groups in total. The Morgan fingerprint density at radius 3 is 2.60 bits per heavy atom. The van der Waals surface area contributed by atoms with Gasteiger partial charge in [-0.2, -0.15) is 0 Å². The fraction of sp³-hybridized carbons (Fsp3) is 0.300. The molecule has 1 aliphatic rings. The minimum absolute atomic E-state index is 0.168. The number of imidazole rings is 1. The van der Waals surface area contributed by atoms with Crippen molar-refractivity contribution in [2.45, 2.75) is 25.3 Å². The lowest BCUT2D eigenvalue weighted by Crippen LogP contribution is -2.43. The summed E-state index contributed by atoms with van der Waals surface area (Å²) in [4.78, 5) is 19.1. The van der Waals surface area contributed by atoms with Crippen LogP contribution in [-0.2, 0) is 11.2 Å². The maximum Gasteiger partial charge on any atom is 0.228 e. The number of aromatic nitrogens is 2. The van der Waals surface area contributed by atoms with Crippen molar-refractivity contribution in [2.24, 2.45) is 0 Å². The largest absolute Gasteiger partial charge is 0.382 e. The Kier molecular flexibility index (Phi) is 4.37. The van der Waals surface area contributed by atoms with Crippen LogP contribution >= 0.6 is 0 Å². The Balaban J connectivity index is 1.32. The highest BCUT2D eigenvalue weighted by Crippen LogP contribution is 2.17. The maximum atomic E-state index is 12.6. The van der Waals surface area contributed by atoms with Gasteiger partial charge in [-0.3, -0.25) is 4.79 Å². The number of fused-ring (bicyclic) bond motifs is 1. The molecule has 2 aromatic heterocycles. The van der Waals surface area contributed by atoms with Crippen molar-refractivity contribution < 1.29 is 4.79 Å². The smallest absolute Gasteiger partial charge is 0.228 e. The number of hydrogen-bond acceptors (Lipinski definition) is 3. The van der Waals surface area contributed by atoms with Crippen LogP contribution in [0.25, 0.3) is 5.65 Å². The van der Waals surface area contributed by atoms with Gasteiger partial charge in [0.2, 0.25) is 5.91 Å². The summed E-state index contributed by atoms with van der Waals surface area (Å²) < 4.78 is 1.96. The highest BCUT2D eigenvalue weighted by molar-refractivity contribution is 5.78. The van der Waals surface area contributed by atoms with Crippen LogP contribution in [0.3, 0.4) is 0 Å². The molecular formula is C20H22N4O. The summed E-state index contributed by atoms with van der Waals surface area (Å²) in [5.74, 6) is 0.168. The summed E-state index contributed by atoms with van der Waals surface area (Å²) in [6.07, 6.45) is 6.23. The van der Waals surface area contributed by atoms with Crippen molar-refractivity contribution in [3.63, 3.8) is 0 Å². The van der Waals surface area contributed by atoms with Gasteiger partial charge in [0.25, 0.3) is 0 Å². The second-order valence-electron chi connectivity index (χ2n) is 6.54. The molecule has 1 aromatic carbocycles. The normalized spacial score (nSPS) is 15.4. The van der Waals surface area contributed by atoms with Crippen molar-refractivity contribution in [2.75, 3.05) is 18.4 Å². The molecule has 5 nitrogen and oxygen atoms in total. The molecule has 0 unspecified atom stereocenters. The molecule has 0 saturated carbocycles. The van der Waals surface area contributed by atoms with E-state index in [0.717, 1.165) is 43.0 Å². The zero-order valence-electron chi connectivity index (χ0n) is 14.1. The van der Waals surface area contributed by atoms with Gasteiger partial charge in [-0.15, -0.1) is 0 Å². The summed E-state index contributed by atoms with van der Waals surface area (Å²) in [6, 6.07) is 16.6. The minimum Gasteiger partial charge on any atom is -0.382 e. The predicted octanol–water partition coefficient (Wildman–Crippen LogP) is 2.98. The monoisotopic (exact) mass is 334 g/mol. The van der Waals surface area contributed by atoms with Crippen LogP contribution in [0.4, 0.5) is 5.69 Å². The third-order valence-electron chi connectivity index (χ3n) is 4.74. The number of amides is 1. The summed E-state index contributed by atoms with van der Waals surface area (Å²) in [5.41, 5.74) is 2.87. The summed E-state index contributed by atoms with van der Waals surface area (Å²) >= 11 is 0. The number of nitrogens with zero attached hydrogens (tertiary/aromatic N) is 3. The molecule has 0 bridgehead atoms. The molecule has 0 atom stereocenters. The first-order chi connectivity index (χ1) is 12.3. The van der Waals surface area contributed by atoms with Gasteiger partial charge in [-0.05, 0) is 37.1 Å². The van der Waals surface area contributed by atoms with E-state index in [2.05, 4.69) is 22.4 Å². The lowest BCUT2D eigenvalue weighted by molar-refractivity contribution is -0.131. The molecule has 0 radical (unpaired) electrons. The molecule has 1 saturated heterocycles. The van der Waals surface area contributed by atoms with E-state index in [0.29, 0.717) is 12.5 Å². The number of para-hydroxylation sites is 1. The van der Waals surface area contributed by atoms with Crippen molar-refractivity contribution >= 4 is 17.2 Å². The van der Waals surface area contributed by atoms with Gasteiger partial charge in [0, 0.05) is 37.2 Å². The Labute approximate surface area is 147 Å². The van der Waals surface area contributed by atoms with Gasteiger partial charge < -0.3 is 14.6 Å². The molecule has 4 rings (SSSR count). The first-order valence-corrected chi connectivity index (χ1v) is 8.80. The Morgan fingerprint density at radius 1 is 1.08 bits per heavy atom. The van der Waals surface area contributed by atoms with Gasteiger partial charge in [-0.25, -0.2) is 4.98 Å². The quantitative estimate of drug-likeness (QED) is 0.798. The first-order valence-electron chi connectivity index (χ1n) is 8.80. The van der Waals surface area contributed by atoms with Crippen LogP contribution in [0.2, 0.25) is 0 Å². The summed E-state index contributed by atoms with van der Waals surface area (Å²) in [5, 5.41) is 3.55. The number of carbonyl (C=O) groups is 1. The SMILES string of the molecule is O=C(Cc1cn2ccccc2n1)N1CCC(Nc2ccccc2)CC1. The molecule has 1 amide bonds. The van der Waals surface area contributed by atoms with Crippen molar-refractivity contribution in [1.29, 1.82) is 0 Å². The number of hydrogen-bond donors (Lipinski definition) is 1. The fourth-order valence-corrected chi connectivity index (χ4v) is 3.38. The van der Waals surface area contributed by atoms with Crippen LogP contribution in [0.15, 0.2) is 60.9 Å². The topological polar surface area (TPSA) is 49.6 Å². The highest BCUT2D eigenvalue weighted by Gasteiger charge is 2.23. The lowest BCUT2D eigenvalue weighted by atomic mass is 10.0. The van der Waals surface area contributed by atoms with Crippen molar-refractivity contribution in [3.05, 3.63) is 66.6 Å². The highest BCUT2D eigenvalue weighted by atomic mass is 16.2. The van der Waals surface area contributed by atoms with E-state index in [-0.39, 0.29) is 5.91 Å². The number of nitrogens with one attached hydrogen (secondary N) is 1. The fourth-order valence-electron chi connectivity index (χ4n) is 3.38. The number of piperidine rings is 1. The van der Waals surface area contributed by atoms with E-state index in [1.807, 2.05) is 58.1 Å². The van der Waals surface area contributed by atoms with E-state index in [9.17, 15) is 4.79 Å². The van der Waals surface area contributed by atoms with E-state index >= 15 is 0 Å². The third-order valence-corrected chi connectivity index (χ3v) is 4.74. The molecule has 0 aliphatic carbocycles. The number of likely N-dealkylation sites (tertiary alicyclic amines) is 1. The Hall–Kier alpha value is -2.82. The number of benzene rings is 1. The average molecular weight is 334 g/mol. The van der Waals surface area contributed by atoms with Crippen LogP contribution in [0.1, 0.15) is 18.5 Å². The second kappa shape index (κ2) is 6.97. The van der Waals surface area contributed by atoms with Crippen LogP contribution < -0.4 is 5.32 Å². The molecule has 5 heteroatoms. The van der Waals surface area contributed by atoms with E-state index in [1.54, 1.807) is 0 Å². The Bertz CT molecular complexity index is 817. The van der Waals surface area contributed by atoms with E-state index in [4.69, 9.17) is 0 Å². The second-order valence-corrected chi connectivity index (χ2v) is 6.54. The number of rotatable bonds is 4. The molecule has 1 fully saturated rings. The predicted molar refractivity (Wildman–Crippen MR) is 98.6 cm³/mol. The van der Waals surface area contributed by atoms with Gasteiger partial charge in [-0.1, -0.05) is 24.3 Å². The molecule has 25 heavy (non-hydrogen) atoms. The van der Waals surface area contributed by atoms with Crippen LogP contribution in [0.5, 0.6) is 0 Å². The number of carbonyl (C=O) groups excluding carboxylic acids is 1. The average Bonchev–Trinajstić information content (AvgIpc) is 3.05. The first kappa shape index (κ1) is 15.7. The third kappa shape index (κ3) is 3.65. The molecule has 0 spiro atoms. The van der Waals surface area contributed by atoms with E-state index in [1.165, 1.54) is 0 Å². The maximum absolute atomic E-state index is 12.6. The molecule has 3 heterocycles. The van der Waals surface area contributed by atoms with Crippen molar-refractivity contribution in [3.8, 4) is 0 Å². The zero-order chi connectivity index (χ0) is 17.1. The van der Waals surface area contributed by atoms with Gasteiger partial charge in [0.1, 0.15) is 5.65 Å².